The van der Waals surface area contributed by atoms with Crippen molar-refractivity contribution in [1.29, 1.82) is 0 Å². The standard InChI is InChI=1S/C22H33N3O3/c1-21(2,3)14-22(9-10-22)23-19(26)12-16-13-28-18-8-7-15(20(27)24(4)5)11-17(18)25(16)6/h7-8,11,16H,9-10,12-14H2,1-6H3,(H,23,26)/t16-/m0/s1. The van der Waals surface area contributed by atoms with Crippen LogP contribution in [-0.2, 0) is 4.79 Å². The average molecular weight is 388 g/mol. The summed E-state index contributed by atoms with van der Waals surface area (Å²) in [6, 6.07) is 5.42. The third kappa shape index (κ3) is 4.59. The van der Waals surface area contributed by atoms with Gasteiger partial charge in [0.25, 0.3) is 5.91 Å². The van der Waals surface area contributed by atoms with Crippen LogP contribution in [0.25, 0.3) is 0 Å². The van der Waals surface area contributed by atoms with Gasteiger partial charge in [0.15, 0.2) is 0 Å². The highest BCUT2D eigenvalue weighted by Crippen LogP contribution is 2.44. The SMILES string of the molecule is CN(C)C(=O)c1ccc2c(c1)N(C)[C@@H](CC(=O)NC1(CC(C)(C)C)CC1)CO2. The second kappa shape index (κ2) is 7.30. The van der Waals surface area contributed by atoms with Gasteiger partial charge in [-0.2, -0.15) is 0 Å². The lowest BCUT2D eigenvalue weighted by molar-refractivity contribution is -0.122. The number of rotatable bonds is 5. The molecule has 0 saturated heterocycles. The minimum absolute atomic E-state index is 0.0212. The smallest absolute Gasteiger partial charge is 0.253 e. The third-order valence-corrected chi connectivity index (χ3v) is 5.52. The van der Waals surface area contributed by atoms with Gasteiger partial charge in [0.05, 0.1) is 18.2 Å². The van der Waals surface area contributed by atoms with Gasteiger partial charge in [0.1, 0.15) is 12.4 Å². The number of ether oxygens (including phenoxy) is 1. The van der Waals surface area contributed by atoms with Gasteiger partial charge in [-0.05, 0) is 42.9 Å². The van der Waals surface area contributed by atoms with Crippen LogP contribution < -0.4 is 15.0 Å². The van der Waals surface area contributed by atoms with E-state index in [-0.39, 0.29) is 28.8 Å². The van der Waals surface area contributed by atoms with E-state index in [0.717, 1.165) is 30.7 Å². The van der Waals surface area contributed by atoms with Crippen molar-refractivity contribution in [2.24, 2.45) is 5.41 Å². The van der Waals surface area contributed by atoms with Crippen LogP contribution in [-0.4, -0.2) is 56.0 Å². The maximum absolute atomic E-state index is 12.7. The van der Waals surface area contributed by atoms with Crippen molar-refractivity contribution in [2.45, 2.75) is 58.0 Å². The molecule has 1 saturated carbocycles. The van der Waals surface area contributed by atoms with E-state index in [2.05, 4.69) is 31.0 Å². The fourth-order valence-electron chi connectivity index (χ4n) is 4.07. The third-order valence-electron chi connectivity index (χ3n) is 5.52. The zero-order valence-electron chi connectivity index (χ0n) is 18.0. The van der Waals surface area contributed by atoms with Crippen molar-refractivity contribution < 1.29 is 14.3 Å². The number of fused-ring (bicyclic) bond motifs is 1. The molecule has 1 aliphatic carbocycles. The topological polar surface area (TPSA) is 61.9 Å². The molecule has 1 atom stereocenters. The average Bonchev–Trinajstić information content (AvgIpc) is 3.33. The van der Waals surface area contributed by atoms with Crippen LogP contribution in [0.15, 0.2) is 18.2 Å². The molecule has 0 aromatic heterocycles. The molecule has 0 bridgehead atoms. The molecule has 1 aromatic carbocycles. The number of amides is 2. The van der Waals surface area contributed by atoms with Crippen molar-refractivity contribution in [3.05, 3.63) is 23.8 Å². The number of nitrogens with zero attached hydrogens (tertiary/aromatic N) is 2. The molecule has 2 aliphatic rings. The summed E-state index contributed by atoms with van der Waals surface area (Å²) in [6.07, 6.45) is 3.51. The first-order valence-electron chi connectivity index (χ1n) is 10.0. The van der Waals surface area contributed by atoms with E-state index < -0.39 is 0 Å². The van der Waals surface area contributed by atoms with Crippen LogP contribution in [0.4, 0.5) is 5.69 Å². The molecule has 2 amide bonds. The maximum atomic E-state index is 12.7. The second-order valence-corrected chi connectivity index (χ2v) is 9.73. The van der Waals surface area contributed by atoms with Crippen molar-refractivity contribution >= 4 is 17.5 Å². The summed E-state index contributed by atoms with van der Waals surface area (Å²) in [5.41, 5.74) is 1.65. The highest BCUT2D eigenvalue weighted by atomic mass is 16.5. The van der Waals surface area contributed by atoms with Gasteiger partial charge >= 0.3 is 0 Å². The van der Waals surface area contributed by atoms with Crippen LogP contribution in [0.5, 0.6) is 5.75 Å². The molecule has 0 radical (unpaired) electrons. The zero-order chi connectivity index (χ0) is 20.7. The summed E-state index contributed by atoms with van der Waals surface area (Å²) in [6.45, 7) is 7.10. The number of benzene rings is 1. The van der Waals surface area contributed by atoms with Gasteiger partial charge in [-0.25, -0.2) is 0 Å². The number of carbonyl (C=O) groups is 2. The van der Waals surface area contributed by atoms with Gasteiger partial charge in [0, 0.05) is 32.2 Å². The molecule has 154 valence electrons. The molecule has 0 unspecified atom stereocenters. The Hall–Kier alpha value is -2.24. The quantitative estimate of drug-likeness (QED) is 0.844. The van der Waals surface area contributed by atoms with E-state index in [1.807, 2.05) is 19.2 Å². The Labute approximate surface area is 168 Å². The Morgan fingerprint density at radius 1 is 1.29 bits per heavy atom. The summed E-state index contributed by atoms with van der Waals surface area (Å²) < 4.78 is 5.88. The summed E-state index contributed by atoms with van der Waals surface area (Å²) in [5, 5.41) is 3.28. The van der Waals surface area contributed by atoms with E-state index in [1.165, 1.54) is 0 Å². The molecule has 6 heteroatoms. The molecule has 0 spiro atoms. The van der Waals surface area contributed by atoms with Gasteiger partial charge in [-0.3, -0.25) is 9.59 Å². The van der Waals surface area contributed by atoms with E-state index in [4.69, 9.17) is 4.74 Å². The van der Waals surface area contributed by atoms with E-state index in [0.29, 0.717) is 18.6 Å². The van der Waals surface area contributed by atoms with Crippen LogP contribution in [0.3, 0.4) is 0 Å². The van der Waals surface area contributed by atoms with Crippen LogP contribution in [0.1, 0.15) is 56.8 Å². The maximum Gasteiger partial charge on any atom is 0.253 e. The number of anilines is 1. The van der Waals surface area contributed by atoms with E-state index in [9.17, 15) is 9.59 Å². The number of nitrogens with one attached hydrogen (secondary N) is 1. The lowest BCUT2D eigenvalue weighted by Crippen LogP contribution is -2.46. The Bertz CT molecular complexity index is 763. The monoisotopic (exact) mass is 387 g/mol. The molecular weight excluding hydrogens is 354 g/mol. The van der Waals surface area contributed by atoms with Gasteiger partial charge < -0.3 is 19.9 Å². The van der Waals surface area contributed by atoms with Crippen molar-refractivity contribution in [3.63, 3.8) is 0 Å². The lowest BCUT2D eigenvalue weighted by Gasteiger charge is -2.36. The van der Waals surface area contributed by atoms with Gasteiger partial charge in [-0.15, -0.1) is 0 Å². The fraction of sp³-hybridized carbons (Fsp3) is 0.636. The molecule has 1 N–H and O–H groups in total. The van der Waals surface area contributed by atoms with Crippen molar-refractivity contribution in [1.82, 2.24) is 10.2 Å². The van der Waals surface area contributed by atoms with E-state index >= 15 is 0 Å². The predicted octanol–water partition coefficient (Wildman–Crippen LogP) is 3.06. The number of likely N-dealkylation sites (N-methyl/N-ethyl adjacent to an activating group) is 1. The normalized spacial score (nSPS) is 20.1. The highest BCUT2D eigenvalue weighted by Gasteiger charge is 2.46. The molecule has 1 heterocycles. The van der Waals surface area contributed by atoms with Gasteiger partial charge in [-0.1, -0.05) is 20.8 Å². The molecule has 28 heavy (non-hydrogen) atoms. The highest BCUT2D eigenvalue weighted by molar-refractivity contribution is 5.95. The molecule has 3 rings (SSSR count). The first-order valence-corrected chi connectivity index (χ1v) is 10.0. The second-order valence-electron chi connectivity index (χ2n) is 9.73. The first-order chi connectivity index (χ1) is 13.0. The lowest BCUT2D eigenvalue weighted by atomic mass is 9.86. The fourth-order valence-corrected chi connectivity index (χ4v) is 4.07. The molecular formula is C22H33N3O3. The molecule has 1 fully saturated rings. The molecule has 6 nitrogen and oxygen atoms in total. The summed E-state index contributed by atoms with van der Waals surface area (Å²) in [7, 11) is 5.44. The minimum Gasteiger partial charge on any atom is -0.489 e. The number of hydrogen-bond acceptors (Lipinski definition) is 4. The number of carbonyl (C=O) groups excluding carboxylic acids is 2. The van der Waals surface area contributed by atoms with Gasteiger partial charge in [0.2, 0.25) is 5.91 Å². The zero-order valence-corrected chi connectivity index (χ0v) is 18.0. The molecule has 1 aliphatic heterocycles. The minimum atomic E-state index is -0.0531. The Morgan fingerprint density at radius 2 is 1.96 bits per heavy atom. The van der Waals surface area contributed by atoms with Crippen LogP contribution in [0.2, 0.25) is 0 Å². The summed E-state index contributed by atoms with van der Waals surface area (Å²) >= 11 is 0. The Kier molecular flexibility index (Phi) is 5.34. The largest absolute Gasteiger partial charge is 0.489 e. The number of hydrogen-bond donors (Lipinski definition) is 1. The summed E-state index contributed by atoms with van der Waals surface area (Å²) in [4.78, 5) is 28.6. The Balaban J connectivity index is 1.67. The first kappa shape index (κ1) is 20.5. The molecule has 1 aromatic rings. The van der Waals surface area contributed by atoms with Crippen molar-refractivity contribution in [2.75, 3.05) is 32.6 Å². The Morgan fingerprint density at radius 3 is 2.54 bits per heavy atom. The van der Waals surface area contributed by atoms with Crippen molar-refractivity contribution in [3.8, 4) is 5.75 Å². The van der Waals surface area contributed by atoms with E-state index in [1.54, 1.807) is 25.1 Å². The van der Waals surface area contributed by atoms with Crippen LogP contribution in [0, 0.1) is 5.41 Å². The van der Waals surface area contributed by atoms with Crippen LogP contribution >= 0.6 is 0 Å². The predicted molar refractivity (Wildman–Crippen MR) is 111 cm³/mol. The summed E-state index contributed by atoms with van der Waals surface area (Å²) in [5.74, 6) is 0.779.